The molecule has 0 radical (unpaired) electrons. The summed E-state index contributed by atoms with van der Waals surface area (Å²) in [6.45, 7) is 2.20. The summed E-state index contributed by atoms with van der Waals surface area (Å²) in [7, 11) is 1.54. The standard InChI is InChI=1S/C16H17FN4O3/c1-9-3-12(24-21-9)8-23-15-6-14-10(5-13(15)17)4-11(20-14)7-19-16(22)18-2/h3-6,20H,7-8H2,1-2H3,(H2,18,19,22). The number of fused-ring (bicyclic) bond motifs is 1. The van der Waals surface area contributed by atoms with Crippen LogP contribution in [0, 0.1) is 12.7 Å². The fourth-order valence-corrected chi connectivity index (χ4v) is 2.30. The van der Waals surface area contributed by atoms with Gasteiger partial charge < -0.3 is 24.9 Å². The molecular formula is C16H17FN4O3. The number of halogens is 1. The summed E-state index contributed by atoms with van der Waals surface area (Å²) in [4.78, 5) is 14.3. The molecule has 2 aromatic heterocycles. The number of aryl methyl sites for hydroxylation is 1. The first kappa shape index (κ1) is 15.9. The second-order valence-corrected chi connectivity index (χ2v) is 5.32. The highest BCUT2D eigenvalue weighted by atomic mass is 19.1. The van der Waals surface area contributed by atoms with Crippen LogP contribution < -0.4 is 15.4 Å². The van der Waals surface area contributed by atoms with E-state index in [0.29, 0.717) is 23.2 Å². The smallest absolute Gasteiger partial charge is 0.314 e. The highest BCUT2D eigenvalue weighted by Gasteiger charge is 2.11. The Morgan fingerprint density at radius 2 is 2.21 bits per heavy atom. The molecule has 0 fully saturated rings. The normalized spacial score (nSPS) is 10.8. The molecule has 0 aliphatic heterocycles. The fourth-order valence-electron chi connectivity index (χ4n) is 2.30. The van der Waals surface area contributed by atoms with Gasteiger partial charge in [-0.1, -0.05) is 5.16 Å². The van der Waals surface area contributed by atoms with Gasteiger partial charge in [-0.05, 0) is 19.1 Å². The number of aromatic amines is 1. The first-order valence-corrected chi connectivity index (χ1v) is 7.37. The van der Waals surface area contributed by atoms with Crippen molar-refractivity contribution in [3.05, 3.63) is 47.2 Å². The summed E-state index contributed by atoms with van der Waals surface area (Å²) in [5, 5.41) is 9.58. The van der Waals surface area contributed by atoms with Crippen molar-refractivity contribution in [2.75, 3.05) is 7.05 Å². The van der Waals surface area contributed by atoms with Crippen molar-refractivity contribution >= 4 is 16.9 Å². The predicted octanol–water partition coefficient (Wildman–Crippen LogP) is 2.61. The van der Waals surface area contributed by atoms with Gasteiger partial charge >= 0.3 is 6.03 Å². The molecule has 24 heavy (non-hydrogen) atoms. The van der Waals surface area contributed by atoms with Crippen LogP contribution in [0.3, 0.4) is 0 Å². The van der Waals surface area contributed by atoms with Crippen molar-refractivity contribution in [1.82, 2.24) is 20.8 Å². The minimum Gasteiger partial charge on any atom is -0.482 e. The molecule has 0 aliphatic carbocycles. The third kappa shape index (κ3) is 3.48. The summed E-state index contributed by atoms with van der Waals surface area (Å²) < 4.78 is 24.6. The molecule has 0 saturated heterocycles. The van der Waals surface area contributed by atoms with E-state index in [1.54, 1.807) is 25.1 Å². The largest absolute Gasteiger partial charge is 0.482 e. The van der Waals surface area contributed by atoms with Crippen LogP contribution in [0.25, 0.3) is 10.9 Å². The Labute approximate surface area is 137 Å². The Bertz CT molecular complexity index is 871. The summed E-state index contributed by atoms with van der Waals surface area (Å²) in [5.41, 5.74) is 2.21. The number of carbonyl (C=O) groups excluding carboxylic acids is 1. The van der Waals surface area contributed by atoms with Gasteiger partial charge in [-0.25, -0.2) is 9.18 Å². The molecule has 7 nitrogen and oxygen atoms in total. The van der Waals surface area contributed by atoms with E-state index in [1.165, 1.54) is 13.1 Å². The number of carbonyl (C=O) groups is 1. The van der Waals surface area contributed by atoms with E-state index in [-0.39, 0.29) is 18.4 Å². The number of ether oxygens (including phenoxy) is 1. The molecule has 3 aromatic rings. The number of hydrogen-bond acceptors (Lipinski definition) is 4. The Hall–Kier alpha value is -3.03. The van der Waals surface area contributed by atoms with E-state index in [4.69, 9.17) is 9.26 Å². The Kier molecular flexibility index (Phi) is 4.37. The van der Waals surface area contributed by atoms with Crippen LogP contribution in [0.15, 0.2) is 28.8 Å². The van der Waals surface area contributed by atoms with Crippen LogP contribution in [0.2, 0.25) is 0 Å². The van der Waals surface area contributed by atoms with E-state index >= 15 is 0 Å². The molecule has 0 bridgehead atoms. The molecule has 2 amide bonds. The molecule has 3 rings (SSSR count). The van der Waals surface area contributed by atoms with E-state index in [1.807, 2.05) is 0 Å². The van der Waals surface area contributed by atoms with Crippen molar-refractivity contribution in [2.24, 2.45) is 0 Å². The first-order chi connectivity index (χ1) is 11.5. The fraction of sp³-hybridized carbons (Fsp3) is 0.250. The number of hydrogen-bond donors (Lipinski definition) is 3. The maximum atomic E-state index is 14.1. The number of H-pyrrole nitrogens is 1. The first-order valence-electron chi connectivity index (χ1n) is 7.37. The van der Waals surface area contributed by atoms with Gasteiger partial charge in [-0.3, -0.25) is 0 Å². The van der Waals surface area contributed by atoms with E-state index in [2.05, 4.69) is 20.8 Å². The number of nitrogens with zero attached hydrogens (tertiary/aromatic N) is 1. The van der Waals surface area contributed by atoms with E-state index < -0.39 is 5.82 Å². The van der Waals surface area contributed by atoms with Gasteiger partial charge in [0, 0.05) is 35.8 Å². The lowest BCUT2D eigenvalue weighted by Crippen LogP contribution is -2.32. The molecule has 0 aliphatic rings. The van der Waals surface area contributed by atoms with Crippen molar-refractivity contribution in [3.63, 3.8) is 0 Å². The van der Waals surface area contributed by atoms with Crippen molar-refractivity contribution < 1.29 is 18.4 Å². The monoisotopic (exact) mass is 332 g/mol. The minimum absolute atomic E-state index is 0.0923. The van der Waals surface area contributed by atoms with Crippen molar-refractivity contribution in [1.29, 1.82) is 0 Å². The number of urea groups is 1. The van der Waals surface area contributed by atoms with E-state index in [0.717, 1.165) is 11.4 Å². The molecule has 0 saturated carbocycles. The maximum Gasteiger partial charge on any atom is 0.314 e. The molecule has 1 aromatic carbocycles. The Balaban J connectivity index is 1.74. The number of amides is 2. The van der Waals surface area contributed by atoms with Gasteiger partial charge in [0.15, 0.2) is 17.3 Å². The summed E-state index contributed by atoms with van der Waals surface area (Å²) in [5.74, 6) is 0.168. The summed E-state index contributed by atoms with van der Waals surface area (Å²) in [6, 6.07) is 6.19. The zero-order valence-electron chi connectivity index (χ0n) is 13.3. The molecule has 0 unspecified atom stereocenters. The third-order valence-electron chi connectivity index (χ3n) is 3.44. The molecular weight excluding hydrogens is 315 g/mol. The molecule has 0 atom stereocenters. The third-order valence-corrected chi connectivity index (χ3v) is 3.44. The highest BCUT2D eigenvalue weighted by molar-refractivity contribution is 5.82. The Morgan fingerprint density at radius 3 is 2.92 bits per heavy atom. The van der Waals surface area contributed by atoms with Crippen LogP contribution in [-0.4, -0.2) is 23.2 Å². The number of aromatic nitrogens is 2. The van der Waals surface area contributed by atoms with Gasteiger partial charge in [-0.2, -0.15) is 0 Å². The lowest BCUT2D eigenvalue weighted by Gasteiger charge is -2.05. The van der Waals surface area contributed by atoms with Crippen LogP contribution >= 0.6 is 0 Å². The lowest BCUT2D eigenvalue weighted by atomic mass is 10.2. The highest BCUT2D eigenvalue weighted by Crippen LogP contribution is 2.26. The summed E-state index contributed by atoms with van der Waals surface area (Å²) in [6.07, 6.45) is 0. The minimum atomic E-state index is -0.469. The maximum absolute atomic E-state index is 14.1. The Morgan fingerprint density at radius 1 is 1.38 bits per heavy atom. The number of benzene rings is 1. The second kappa shape index (κ2) is 6.61. The van der Waals surface area contributed by atoms with Crippen LogP contribution in [0.1, 0.15) is 17.1 Å². The quantitative estimate of drug-likeness (QED) is 0.670. The lowest BCUT2D eigenvalue weighted by molar-refractivity contribution is 0.240. The summed E-state index contributed by atoms with van der Waals surface area (Å²) >= 11 is 0. The van der Waals surface area contributed by atoms with Gasteiger partial charge in [-0.15, -0.1) is 0 Å². The zero-order valence-corrected chi connectivity index (χ0v) is 13.3. The zero-order chi connectivity index (χ0) is 17.1. The van der Waals surface area contributed by atoms with Crippen LogP contribution in [-0.2, 0) is 13.2 Å². The molecule has 8 heteroatoms. The number of nitrogens with one attached hydrogen (secondary N) is 3. The number of rotatable bonds is 5. The van der Waals surface area contributed by atoms with Gasteiger partial charge in [0.05, 0.1) is 12.2 Å². The van der Waals surface area contributed by atoms with Crippen molar-refractivity contribution in [2.45, 2.75) is 20.1 Å². The predicted molar refractivity (Wildman–Crippen MR) is 85.1 cm³/mol. The van der Waals surface area contributed by atoms with Crippen LogP contribution in [0.5, 0.6) is 5.75 Å². The molecule has 0 spiro atoms. The average molecular weight is 332 g/mol. The second-order valence-electron chi connectivity index (χ2n) is 5.32. The molecule has 126 valence electrons. The van der Waals surface area contributed by atoms with Gasteiger partial charge in [0.1, 0.15) is 6.61 Å². The molecule has 3 N–H and O–H groups in total. The molecule has 2 heterocycles. The topological polar surface area (TPSA) is 92.2 Å². The van der Waals surface area contributed by atoms with E-state index in [9.17, 15) is 9.18 Å². The SMILES string of the molecule is CNC(=O)NCc1cc2cc(F)c(OCc3cc(C)no3)cc2[nH]1. The van der Waals surface area contributed by atoms with Gasteiger partial charge in [0.2, 0.25) is 0 Å². The van der Waals surface area contributed by atoms with Crippen LogP contribution in [0.4, 0.5) is 9.18 Å². The average Bonchev–Trinajstić information content (AvgIpc) is 3.15. The van der Waals surface area contributed by atoms with Crippen molar-refractivity contribution in [3.8, 4) is 5.75 Å². The van der Waals surface area contributed by atoms with Gasteiger partial charge in [0.25, 0.3) is 0 Å².